The molecule has 1 saturated carbocycles. The SMILES string of the molecule is CCCCCCCCCCCCCCCC(=O)O[C@H](COC(=O)CCCCC(=O)C[C@@H]1[C@@H](/C=C/[C@@H](O)CCCCC)[C@H](O)C[C@@H]1O)COP(=O)(O)OC[C@@H](O)COP(=O)(O)O. The number of hydrogen-bond donors (Lipinski definition) is 7. The first-order chi connectivity index (χ1) is 29.0. The van der Waals surface area contributed by atoms with E-state index in [1.54, 1.807) is 12.2 Å². The molecular weight excluding hydrogens is 838 g/mol. The first kappa shape index (κ1) is 57.4. The van der Waals surface area contributed by atoms with E-state index in [-0.39, 0.29) is 44.3 Å². The van der Waals surface area contributed by atoms with Crippen molar-refractivity contribution in [3.05, 3.63) is 12.2 Å². The van der Waals surface area contributed by atoms with Crippen molar-refractivity contribution < 1.29 is 81.7 Å². The van der Waals surface area contributed by atoms with E-state index in [2.05, 4.69) is 22.9 Å². The standard InChI is InChI=1S/C42H78O17P2/c1-3-5-7-8-9-10-11-12-13-14-15-16-18-24-42(49)59-36(32-58-61(53,54)57-30-35(45)29-56-60(50,51)52)31-55-41(48)23-20-19-22-34(44)27-38-37(39(46)28-40(38)47)26-25-33(43)21-17-6-4-2/h25-26,33,35-40,43,45-47H,3-24,27-32H2,1-2H3,(H,53,54)(H2,50,51,52)/b26-25+/t33-,35-,36+,37+,38+,39+,40-/m0/s1. The molecule has 0 aliphatic heterocycles. The van der Waals surface area contributed by atoms with E-state index in [0.717, 1.165) is 44.9 Å². The van der Waals surface area contributed by atoms with Gasteiger partial charge in [0.05, 0.1) is 38.1 Å². The number of unbranched alkanes of at least 4 members (excludes halogenated alkanes) is 15. The van der Waals surface area contributed by atoms with Crippen LogP contribution >= 0.6 is 15.6 Å². The van der Waals surface area contributed by atoms with Gasteiger partial charge in [-0.15, -0.1) is 0 Å². The van der Waals surface area contributed by atoms with Gasteiger partial charge >= 0.3 is 27.6 Å². The van der Waals surface area contributed by atoms with Crippen molar-refractivity contribution in [1.29, 1.82) is 0 Å². The lowest BCUT2D eigenvalue weighted by Gasteiger charge is -2.21. The van der Waals surface area contributed by atoms with Gasteiger partial charge in [-0.1, -0.05) is 122 Å². The van der Waals surface area contributed by atoms with E-state index in [9.17, 15) is 48.8 Å². The number of aliphatic hydroxyl groups excluding tert-OH is 4. The molecule has 7 N–H and O–H groups in total. The topological polar surface area (TPSA) is 273 Å². The number of carbonyl (C=O) groups excluding carboxylic acids is 3. The maximum Gasteiger partial charge on any atom is 0.472 e. The van der Waals surface area contributed by atoms with Crippen molar-refractivity contribution in [2.75, 3.05) is 26.4 Å². The number of rotatable bonds is 39. The third-order valence-electron chi connectivity index (χ3n) is 10.6. The van der Waals surface area contributed by atoms with E-state index in [1.807, 2.05) is 0 Å². The van der Waals surface area contributed by atoms with Crippen LogP contribution in [-0.2, 0) is 46.6 Å². The zero-order valence-corrected chi connectivity index (χ0v) is 38.4. The Morgan fingerprint density at radius 3 is 1.75 bits per heavy atom. The molecule has 1 unspecified atom stereocenters. The Morgan fingerprint density at radius 2 is 1.15 bits per heavy atom. The van der Waals surface area contributed by atoms with Gasteiger partial charge in [0.1, 0.15) is 18.5 Å². The van der Waals surface area contributed by atoms with Gasteiger partial charge in [-0.3, -0.25) is 28.0 Å². The monoisotopic (exact) mass is 916 g/mol. The molecule has 0 saturated heterocycles. The summed E-state index contributed by atoms with van der Waals surface area (Å²) in [6, 6.07) is 0. The van der Waals surface area contributed by atoms with Crippen LogP contribution in [0.3, 0.4) is 0 Å². The lowest BCUT2D eigenvalue weighted by Crippen LogP contribution is -2.30. The molecule has 1 rings (SSSR count). The first-order valence-corrected chi connectivity index (χ1v) is 25.6. The molecule has 0 amide bonds. The van der Waals surface area contributed by atoms with E-state index < -0.39 is 96.4 Å². The predicted molar refractivity (Wildman–Crippen MR) is 228 cm³/mol. The fraction of sp³-hybridized carbons (Fsp3) is 0.881. The largest absolute Gasteiger partial charge is 0.472 e. The minimum Gasteiger partial charge on any atom is -0.462 e. The Labute approximate surface area is 363 Å². The molecule has 0 aromatic rings. The highest BCUT2D eigenvalue weighted by molar-refractivity contribution is 7.47. The number of Topliss-reactive ketones (excluding diaryl/α,β-unsaturated/α-hetero) is 1. The summed E-state index contributed by atoms with van der Waals surface area (Å²) < 4.78 is 47.7. The smallest absolute Gasteiger partial charge is 0.462 e. The second kappa shape index (κ2) is 33.9. The summed E-state index contributed by atoms with van der Waals surface area (Å²) in [6.45, 7) is 1.24. The second-order valence-electron chi connectivity index (χ2n) is 16.3. The number of phosphoric ester groups is 2. The van der Waals surface area contributed by atoms with Crippen molar-refractivity contribution in [1.82, 2.24) is 0 Å². The van der Waals surface area contributed by atoms with Crippen LogP contribution in [0.15, 0.2) is 12.2 Å². The highest BCUT2D eigenvalue weighted by atomic mass is 31.2. The van der Waals surface area contributed by atoms with Gasteiger partial charge in [0.15, 0.2) is 6.10 Å². The number of carbonyl (C=O) groups is 3. The van der Waals surface area contributed by atoms with Crippen LogP contribution in [0.4, 0.5) is 0 Å². The van der Waals surface area contributed by atoms with Crippen LogP contribution in [0.5, 0.6) is 0 Å². The molecule has 19 heteroatoms. The summed E-state index contributed by atoms with van der Waals surface area (Å²) in [4.78, 5) is 65.7. The molecule has 1 fully saturated rings. The Bertz CT molecular complexity index is 1310. The van der Waals surface area contributed by atoms with Gasteiger partial charge in [-0.25, -0.2) is 9.13 Å². The molecule has 0 bridgehead atoms. The Morgan fingerprint density at radius 1 is 0.639 bits per heavy atom. The van der Waals surface area contributed by atoms with Gasteiger partial charge in [-0.05, 0) is 25.7 Å². The van der Waals surface area contributed by atoms with Crippen LogP contribution in [0, 0.1) is 11.8 Å². The molecule has 1 aliphatic carbocycles. The predicted octanol–water partition coefficient (Wildman–Crippen LogP) is 6.90. The van der Waals surface area contributed by atoms with Gasteiger partial charge in [0.25, 0.3) is 0 Å². The number of hydrogen-bond acceptors (Lipinski definition) is 14. The fourth-order valence-corrected chi connectivity index (χ4v) is 8.27. The zero-order chi connectivity index (χ0) is 45.5. The van der Waals surface area contributed by atoms with Crippen LogP contribution in [-0.4, -0.2) is 110 Å². The highest BCUT2D eigenvalue weighted by Crippen LogP contribution is 2.44. The molecule has 0 aromatic heterocycles. The van der Waals surface area contributed by atoms with Crippen LogP contribution in [0.2, 0.25) is 0 Å². The normalized spacial score (nSPS) is 20.7. The van der Waals surface area contributed by atoms with Gasteiger partial charge < -0.3 is 44.6 Å². The third kappa shape index (κ3) is 31.0. The van der Waals surface area contributed by atoms with E-state index in [4.69, 9.17) is 23.8 Å². The van der Waals surface area contributed by atoms with Crippen LogP contribution in [0.1, 0.15) is 168 Å². The average molecular weight is 917 g/mol. The Kier molecular flexibility index (Phi) is 31.9. The maximum absolute atomic E-state index is 12.8. The average Bonchev–Trinajstić information content (AvgIpc) is 3.46. The van der Waals surface area contributed by atoms with Gasteiger partial charge in [-0.2, -0.15) is 0 Å². The molecule has 0 radical (unpaired) electrons. The minimum atomic E-state index is -4.90. The number of ether oxygens (including phenoxy) is 2. The Balaban J connectivity index is 2.58. The van der Waals surface area contributed by atoms with Crippen LogP contribution in [0.25, 0.3) is 0 Å². The van der Waals surface area contributed by atoms with Crippen molar-refractivity contribution in [3.8, 4) is 0 Å². The van der Waals surface area contributed by atoms with Crippen molar-refractivity contribution in [2.45, 2.75) is 198 Å². The number of ketones is 1. The molecular formula is C42H78O17P2. The van der Waals surface area contributed by atoms with E-state index in [0.29, 0.717) is 19.3 Å². The van der Waals surface area contributed by atoms with Crippen molar-refractivity contribution in [3.63, 3.8) is 0 Å². The molecule has 1 aliphatic rings. The number of phosphoric acid groups is 2. The Hall–Kier alpha value is -1.59. The summed E-state index contributed by atoms with van der Waals surface area (Å²) in [5.41, 5.74) is 0. The lowest BCUT2D eigenvalue weighted by molar-refractivity contribution is -0.161. The summed E-state index contributed by atoms with van der Waals surface area (Å²) in [7, 11) is -9.80. The third-order valence-corrected chi connectivity index (χ3v) is 12.1. The summed E-state index contributed by atoms with van der Waals surface area (Å²) in [5, 5.41) is 41.0. The molecule has 0 spiro atoms. The second-order valence-corrected chi connectivity index (χ2v) is 19.0. The van der Waals surface area contributed by atoms with E-state index in [1.165, 1.54) is 51.4 Å². The zero-order valence-electron chi connectivity index (χ0n) is 36.6. The molecule has 8 atom stereocenters. The summed E-state index contributed by atoms with van der Waals surface area (Å²) in [5.74, 6) is -2.42. The molecule has 61 heavy (non-hydrogen) atoms. The highest BCUT2D eigenvalue weighted by Gasteiger charge is 2.41. The van der Waals surface area contributed by atoms with Crippen LogP contribution < -0.4 is 0 Å². The lowest BCUT2D eigenvalue weighted by atomic mass is 9.87. The summed E-state index contributed by atoms with van der Waals surface area (Å²) >= 11 is 0. The number of esters is 2. The quantitative estimate of drug-likeness (QED) is 0.0143. The molecule has 17 nitrogen and oxygen atoms in total. The number of aliphatic hydroxyl groups is 4. The molecule has 0 heterocycles. The maximum atomic E-state index is 12.8. The first-order valence-electron chi connectivity index (χ1n) is 22.6. The summed E-state index contributed by atoms with van der Waals surface area (Å²) in [6.07, 6.45) is 17.0. The van der Waals surface area contributed by atoms with Crippen molar-refractivity contribution in [2.24, 2.45) is 11.8 Å². The van der Waals surface area contributed by atoms with Gasteiger partial charge in [0.2, 0.25) is 0 Å². The minimum absolute atomic E-state index is 0.0362. The van der Waals surface area contributed by atoms with Crippen molar-refractivity contribution >= 4 is 33.4 Å². The molecule has 358 valence electrons. The van der Waals surface area contributed by atoms with E-state index >= 15 is 0 Å². The van der Waals surface area contributed by atoms with Gasteiger partial charge in [0, 0.05) is 43.9 Å². The fourth-order valence-electron chi connectivity index (χ4n) is 7.11. The molecule has 0 aromatic carbocycles.